The van der Waals surface area contributed by atoms with Crippen molar-refractivity contribution in [1.82, 2.24) is 19.9 Å². The third-order valence-corrected chi connectivity index (χ3v) is 6.25. The van der Waals surface area contributed by atoms with E-state index in [0.717, 1.165) is 22.5 Å². The Morgan fingerprint density at radius 2 is 2.06 bits per heavy atom. The van der Waals surface area contributed by atoms with Crippen LogP contribution in [0, 0.1) is 19.7 Å². The summed E-state index contributed by atoms with van der Waals surface area (Å²) >= 11 is 0. The highest BCUT2D eigenvalue weighted by atomic mass is 19.1. The highest BCUT2D eigenvalue weighted by molar-refractivity contribution is 5.60. The van der Waals surface area contributed by atoms with Crippen LogP contribution in [-0.2, 0) is 15.3 Å². The van der Waals surface area contributed by atoms with Gasteiger partial charge < -0.3 is 19.1 Å². The van der Waals surface area contributed by atoms with Crippen molar-refractivity contribution in [1.29, 1.82) is 0 Å². The molecule has 0 saturated carbocycles. The fraction of sp³-hybridized carbons (Fsp3) is 0.370. The number of nitrogens with one attached hydrogen (secondary N) is 1. The van der Waals surface area contributed by atoms with Gasteiger partial charge >= 0.3 is 0 Å². The van der Waals surface area contributed by atoms with E-state index >= 15 is 0 Å². The first-order chi connectivity index (χ1) is 17.4. The van der Waals surface area contributed by atoms with E-state index in [4.69, 9.17) is 14.3 Å². The van der Waals surface area contributed by atoms with Crippen molar-refractivity contribution < 1.29 is 23.8 Å². The standard InChI is InChI=1S/C25H27FN4O4.C2H6/c1-16-4-6-19(20(26)10-16)25(14-31)30-8-9-33-23(24(30)28-34-25)12-18-5-7-21(22(11-18)32-3)29-13-17(2)27-15-29;1-2/h4-7,10-13,15,24,28,31H,8-9,14H2,1-3H3;1-2H3/b23-12-;. The van der Waals surface area contributed by atoms with Crippen molar-refractivity contribution in [2.24, 2.45) is 0 Å². The van der Waals surface area contributed by atoms with E-state index in [1.165, 1.54) is 6.07 Å². The lowest BCUT2D eigenvalue weighted by molar-refractivity contribution is -0.155. The molecule has 0 aliphatic carbocycles. The molecule has 2 atom stereocenters. The van der Waals surface area contributed by atoms with E-state index in [2.05, 4.69) is 10.5 Å². The smallest absolute Gasteiger partial charge is 0.196 e. The van der Waals surface area contributed by atoms with E-state index in [9.17, 15) is 9.50 Å². The van der Waals surface area contributed by atoms with Gasteiger partial charge in [-0.2, -0.15) is 5.48 Å². The van der Waals surface area contributed by atoms with E-state index in [1.807, 2.05) is 67.6 Å². The SMILES string of the molecule is CC.COc1cc(/C=C2\OCCN3C2NOC3(CO)c2ccc(C)cc2F)ccc1-n1cnc(C)c1. The highest BCUT2D eigenvalue weighted by Crippen LogP contribution is 2.40. The van der Waals surface area contributed by atoms with Crippen LogP contribution in [0.15, 0.2) is 54.7 Å². The van der Waals surface area contributed by atoms with Gasteiger partial charge in [0.05, 0.1) is 31.4 Å². The summed E-state index contributed by atoms with van der Waals surface area (Å²) in [5, 5.41) is 10.3. The monoisotopic (exact) mass is 496 g/mol. The van der Waals surface area contributed by atoms with Gasteiger partial charge in [-0.05, 0) is 49.2 Å². The van der Waals surface area contributed by atoms with Crippen LogP contribution in [0.1, 0.15) is 36.2 Å². The zero-order valence-electron chi connectivity index (χ0n) is 21.3. The maximum Gasteiger partial charge on any atom is 0.196 e. The molecule has 2 aliphatic heterocycles. The number of fused-ring (bicyclic) bond motifs is 1. The zero-order valence-corrected chi connectivity index (χ0v) is 21.3. The molecule has 8 nitrogen and oxygen atoms in total. The molecule has 2 N–H and O–H groups in total. The zero-order chi connectivity index (χ0) is 25.9. The summed E-state index contributed by atoms with van der Waals surface area (Å²) in [5.41, 5.74) is 5.30. The van der Waals surface area contributed by atoms with Gasteiger partial charge in [-0.3, -0.25) is 4.84 Å². The normalized spacial score (nSPS) is 22.5. The summed E-state index contributed by atoms with van der Waals surface area (Å²) in [7, 11) is 1.62. The molecule has 0 spiro atoms. The number of aliphatic hydroxyl groups excluding tert-OH is 1. The molecule has 2 unspecified atom stereocenters. The van der Waals surface area contributed by atoms with Crippen molar-refractivity contribution in [2.75, 3.05) is 26.9 Å². The summed E-state index contributed by atoms with van der Waals surface area (Å²) in [6.07, 6.45) is 5.06. The maximum absolute atomic E-state index is 14.9. The number of aryl methyl sites for hydroxylation is 2. The second kappa shape index (κ2) is 10.8. The molecule has 3 aromatic rings. The largest absolute Gasteiger partial charge is 0.495 e. The number of morpholine rings is 1. The molecule has 0 amide bonds. The van der Waals surface area contributed by atoms with Crippen molar-refractivity contribution in [3.63, 3.8) is 0 Å². The Kier molecular flexibility index (Phi) is 7.75. The first kappa shape index (κ1) is 25.8. The molecule has 2 fully saturated rings. The first-order valence-corrected chi connectivity index (χ1v) is 12.1. The molecule has 1 aromatic heterocycles. The number of hydroxylamine groups is 1. The molecule has 0 radical (unpaired) electrons. The van der Waals surface area contributed by atoms with Gasteiger partial charge in [-0.25, -0.2) is 14.3 Å². The van der Waals surface area contributed by atoms with Crippen LogP contribution in [0.5, 0.6) is 5.75 Å². The van der Waals surface area contributed by atoms with Crippen LogP contribution in [0.25, 0.3) is 11.8 Å². The molecule has 5 rings (SSSR count). The number of methoxy groups -OCH3 is 1. The molecule has 2 aliphatic rings. The molecule has 9 heteroatoms. The van der Waals surface area contributed by atoms with Crippen LogP contribution in [0.2, 0.25) is 0 Å². The molecule has 0 bridgehead atoms. The lowest BCUT2D eigenvalue weighted by Crippen LogP contribution is -2.53. The minimum atomic E-state index is -1.36. The number of aromatic nitrogens is 2. The summed E-state index contributed by atoms with van der Waals surface area (Å²) in [6.45, 7) is 8.14. The van der Waals surface area contributed by atoms with Gasteiger partial charge in [0.25, 0.3) is 0 Å². The summed E-state index contributed by atoms with van der Waals surface area (Å²) in [5.74, 6) is 0.854. The summed E-state index contributed by atoms with van der Waals surface area (Å²) < 4.78 is 28.4. The fourth-order valence-corrected chi connectivity index (χ4v) is 4.54. The third kappa shape index (κ3) is 4.62. The summed E-state index contributed by atoms with van der Waals surface area (Å²) in [6, 6.07) is 10.7. The van der Waals surface area contributed by atoms with Crippen molar-refractivity contribution >= 4 is 6.08 Å². The average Bonchev–Trinajstić information content (AvgIpc) is 3.50. The highest BCUT2D eigenvalue weighted by Gasteiger charge is 2.53. The number of rotatable bonds is 5. The van der Waals surface area contributed by atoms with E-state index in [1.54, 1.807) is 25.6 Å². The Hall–Kier alpha value is -3.24. The summed E-state index contributed by atoms with van der Waals surface area (Å²) in [4.78, 5) is 12.0. The van der Waals surface area contributed by atoms with Gasteiger partial charge in [0.1, 0.15) is 30.1 Å². The molecule has 2 aromatic carbocycles. The average molecular weight is 497 g/mol. The number of aliphatic hydroxyl groups is 1. The minimum Gasteiger partial charge on any atom is -0.495 e. The third-order valence-electron chi connectivity index (χ3n) is 6.25. The minimum absolute atomic E-state index is 0.276. The van der Waals surface area contributed by atoms with Crippen LogP contribution >= 0.6 is 0 Å². The Balaban J connectivity index is 0.00000148. The van der Waals surface area contributed by atoms with Crippen molar-refractivity contribution in [3.8, 4) is 11.4 Å². The second-order valence-electron chi connectivity index (χ2n) is 8.49. The van der Waals surface area contributed by atoms with Crippen LogP contribution in [0.4, 0.5) is 4.39 Å². The second-order valence-corrected chi connectivity index (χ2v) is 8.49. The van der Waals surface area contributed by atoms with Crippen molar-refractivity contribution in [3.05, 3.63) is 82.9 Å². The van der Waals surface area contributed by atoms with Crippen molar-refractivity contribution in [2.45, 2.75) is 39.6 Å². The first-order valence-electron chi connectivity index (χ1n) is 12.1. The molecular weight excluding hydrogens is 463 g/mol. The number of benzene rings is 2. The van der Waals surface area contributed by atoms with Gasteiger partial charge in [-0.15, -0.1) is 0 Å². The quantitative estimate of drug-likeness (QED) is 0.552. The number of imidazole rings is 1. The molecular formula is C27H33FN4O4. The fourth-order valence-electron chi connectivity index (χ4n) is 4.54. The van der Waals surface area contributed by atoms with Crippen LogP contribution < -0.4 is 10.2 Å². The van der Waals surface area contributed by atoms with Crippen LogP contribution in [0.3, 0.4) is 0 Å². The number of hydrogen-bond acceptors (Lipinski definition) is 7. The van der Waals surface area contributed by atoms with Gasteiger partial charge in [0.2, 0.25) is 0 Å². The Bertz CT molecular complexity index is 1240. The van der Waals surface area contributed by atoms with E-state index in [-0.39, 0.29) is 5.56 Å². The lowest BCUT2D eigenvalue weighted by Gasteiger charge is -2.39. The van der Waals surface area contributed by atoms with E-state index in [0.29, 0.717) is 24.7 Å². The topological polar surface area (TPSA) is 81.0 Å². The van der Waals surface area contributed by atoms with E-state index < -0.39 is 24.3 Å². The lowest BCUT2D eigenvalue weighted by atomic mass is 9.98. The molecule has 36 heavy (non-hydrogen) atoms. The number of ether oxygens (including phenoxy) is 2. The Morgan fingerprint density at radius 3 is 2.72 bits per heavy atom. The number of nitrogens with zero attached hydrogens (tertiary/aromatic N) is 3. The Labute approximate surface area is 210 Å². The maximum atomic E-state index is 14.9. The van der Waals surface area contributed by atoms with Gasteiger partial charge in [0, 0.05) is 18.3 Å². The number of halogens is 1. The molecule has 2 saturated heterocycles. The molecule has 3 heterocycles. The van der Waals surface area contributed by atoms with Gasteiger partial charge in [0.15, 0.2) is 5.72 Å². The Morgan fingerprint density at radius 1 is 1.25 bits per heavy atom. The predicted octanol–water partition coefficient (Wildman–Crippen LogP) is 4.04. The van der Waals surface area contributed by atoms with Gasteiger partial charge in [-0.1, -0.05) is 32.0 Å². The van der Waals surface area contributed by atoms with Crippen LogP contribution in [-0.4, -0.2) is 52.6 Å². The predicted molar refractivity (Wildman–Crippen MR) is 135 cm³/mol. The number of hydrogen-bond donors (Lipinski definition) is 2. The molecule has 192 valence electrons.